The molecule has 1 heterocycles. The summed E-state index contributed by atoms with van der Waals surface area (Å²) in [7, 11) is 1.67. The maximum absolute atomic E-state index is 12.6. The number of quaternary nitrogens is 1. The lowest BCUT2D eigenvalue weighted by molar-refractivity contribution is -0.917. The molecule has 1 aliphatic heterocycles. The van der Waals surface area contributed by atoms with Gasteiger partial charge in [0.25, 0.3) is 5.91 Å². The van der Waals surface area contributed by atoms with Gasteiger partial charge in [0.2, 0.25) is 0 Å². The molecule has 3 rings (SSSR count). The van der Waals surface area contributed by atoms with Gasteiger partial charge in [-0.25, -0.2) is 0 Å². The number of carbonyl (C=O) groups excluding carboxylic acids is 1. The zero-order valence-corrected chi connectivity index (χ0v) is 14.4. The Hall–Kier alpha value is -2.84. The van der Waals surface area contributed by atoms with Crippen LogP contribution in [0.1, 0.15) is 21.5 Å². The summed E-state index contributed by atoms with van der Waals surface area (Å²) >= 11 is 0. The summed E-state index contributed by atoms with van der Waals surface area (Å²) in [5.74, 6) is 0.921. The first-order chi connectivity index (χ1) is 12.2. The average Bonchev–Trinajstić information content (AvgIpc) is 2.69. The molecule has 5 nitrogen and oxygen atoms in total. The molecule has 1 N–H and O–H groups in total. The number of carbonyl (C=O) groups is 1. The van der Waals surface area contributed by atoms with Gasteiger partial charge in [-0.05, 0) is 48.5 Å². The zero-order chi connectivity index (χ0) is 17.6. The number of hydrogen-bond acceptors (Lipinski definition) is 3. The largest absolute Gasteiger partial charge is 0.497 e. The van der Waals surface area contributed by atoms with Crippen molar-refractivity contribution < 1.29 is 14.4 Å². The number of hydrogen-bond donors (Lipinski definition) is 1. The van der Waals surface area contributed by atoms with E-state index in [1.807, 2.05) is 17.0 Å². The van der Waals surface area contributed by atoms with Crippen LogP contribution >= 0.6 is 0 Å². The van der Waals surface area contributed by atoms with Crippen LogP contribution in [0.15, 0.2) is 48.5 Å². The van der Waals surface area contributed by atoms with Gasteiger partial charge in [-0.15, -0.1) is 0 Å². The number of ether oxygens (including phenoxy) is 1. The van der Waals surface area contributed by atoms with Crippen LogP contribution in [0.25, 0.3) is 0 Å². The van der Waals surface area contributed by atoms with Crippen LogP contribution in [0, 0.1) is 11.3 Å². The van der Waals surface area contributed by atoms with Crippen molar-refractivity contribution in [2.24, 2.45) is 0 Å². The zero-order valence-electron chi connectivity index (χ0n) is 14.4. The van der Waals surface area contributed by atoms with Gasteiger partial charge >= 0.3 is 0 Å². The molecule has 0 atom stereocenters. The first kappa shape index (κ1) is 17.0. The SMILES string of the molecule is COc1ccc(C[NH+]2CCN(C(=O)c3ccc(C#N)cc3)CC2)cc1. The van der Waals surface area contributed by atoms with Crippen LogP contribution < -0.4 is 9.64 Å². The summed E-state index contributed by atoms with van der Waals surface area (Å²) in [6.45, 7) is 4.35. The fraction of sp³-hybridized carbons (Fsp3) is 0.300. The Balaban J connectivity index is 1.53. The molecule has 0 radical (unpaired) electrons. The van der Waals surface area contributed by atoms with Gasteiger partial charge in [-0.3, -0.25) is 4.79 Å². The molecular formula is C20H22N3O2+. The Bertz CT molecular complexity index is 755. The Morgan fingerprint density at radius 1 is 1.12 bits per heavy atom. The van der Waals surface area contributed by atoms with Crippen molar-refractivity contribution in [3.63, 3.8) is 0 Å². The van der Waals surface area contributed by atoms with Crippen LogP contribution in [-0.4, -0.2) is 44.1 Å². The predicted octanol–water partition coefficient (Wildman–Crippen LogP) is 1.11. The van der Waals surface area contributed by atoms with Gasteiger partial charge in [-0.2, -0.15) is 5.26 Å². The Morgan fingerprint density at radius 2 is 1.76 bits per heavy atom. The van der Waals surface area contributed by atoms with Crippen LogP contribution in [0.3, 0.4) is 0 Å². The van der Waals surface area contributed by atoms with E-state index < -0.39 is 0 Å². The minimum absolute atomic E-state index is 0.0491. The number of nitrogens with one attached hydrogen (secondary N) is 1. The first-order valence-electron chi connectivity index (χ1n) is 8.45. The van der Waals surface area contributed by atoms with E-state index in [1.54, 1.807) is 31.4 Å². The lowest BCUT2D eigenvalue weighted by Crippen LogP contribution is -3.13. The summed E-state index contributed by atoms with van der Waals surface area (Å²) in [6, 6.07) is 17.1. The molecule has 1 saturated heterocycles. The monoisotopic (exact) mass is 336 g/mol. The van der Waals surface area contributed by atoms with E-state index in [0.717, 1.165) is 38.5 Å². The van der Waals surface area contributed by atoms with Gasteiger partial charge < -0.3 is 14.5 Å². The molecule has 5 heteroatoms. The van der Waals surface area contributed by atoms with E-state index in [1.165, 1.54) is 10.5 Å². The molecule has 1 aliphatic rings. The molecule has 0 bridgehead atoms. The van der Waals surface area contributed by atoms with Crippen molar-refractivity contribution in [1.82, 2.24) is 4.90 Å². The van der Waals surface area contributed by atoms with Gasteiger partial charge in [0.05, 0.1) is 44.9 Å². The minimum Gasteiger partial charge on any atom is -0.497 e. The van der Waals surface area contributed by atoms with E-state index in [0.29, 0.717) is 11.1 Å². The van der Waals surface area contributed by atoms with E-state index in [2.05, 4.69) is 18.2 Å². The summed E-state index contributed by atoms with van der Waals surface area (Å²) in [5, 5.41) is 8.84. The van der Waals surface area contributed by atoms with Gasteiger partial charge in [-0.1, -0.05) is 0 Å². The number of rotatable bonds is 4. The van der Waals surface area contributed by atoms with Crippen LogP contribution in [0.2, 0.25) is 0 Å². The highest BCUT2D eigenvalue weighted by Gasteiger charge is 2.24. The van der Waals surface area contributed by atoms with Crippen LogP contribution in [-0.2, 0) is 6.54 Å². The molecule has 0 aliphatic carbocycles. The molecule has 2 aromatic carbocycles. The molecular weight excluding hydrogens is 314 g/mol. The molecule has 0 aromatic heterocycles. The fourth-order valence-electron chi connectivity index (χ4n) is 3.10. The Labute approximate surface area is 148 Å². The fourth-order valence-corrected chi connectivity index (χ4v) is 3.10. The second kappa shape index (κ2) is 7.82. The van der Waals surface area contributed by atoms with Crippen molar-refractivity contribution in [3.8, 4) is 11.8 Å². The van der Waals surface area contributed by atoms with Crippen molar-refractivity contribution in [2.75, 3.05) is 33.3 Å². The highest BCUT2D eigenvalue weighted by molar-refractivity contribution is 5.94. The Morgan fingerprint density at radius 3 is 2.32 bits per heavy atom. The normalized spacial score (nSPS) is 14.8. The number of nitriles is 1. The third-order valence-corrected chi connectivity index (χ3v) is 4.63. The number of nitrogens with zero attached hydrogens (tertiary/aromatic N) is 2. The predicted molar refractivity (Wildman–Crippen MR) is 94.5 cm³/mol. The van der Waals surface area contributed by atoms with Crippen LogP contribution in [0.5, 0.6) is 5.75 Å². The lowest BCUT2D eigenvalue weighted by Gasteiger charge is -2.32. The summed E-state index contributed by atoms with van der Waals surface area (Å²) < 4.78 is 5.19. The van der Waals surface area contributed by atoms with Crippen molar-refractivity contribution in [1.29, 1.82) is 5.26 Å². The minimum atomic E-state index is 0.0491. The average molecular weight is 336 g/mol. The summed E-state index contributed by atoms with van der Waals surface area (Å²) in [4.78, 5) is 15.9. The molecule has 25 heavy (non-hydrogen) atoms. The lowest BCUT2D eigenvalue weighted by atomic mass is 10.1. The smallest absolute Gasteiger partial charge is 0.254 e. The molecule has 0 saturated carbocycles. The number of methoxy groups -OCH3 is 1. The summed E-state index contributed by atoms with van der Waals surface area (Å²) in [5.41, 5.74) is 2.51. The van der Waals surface area contributed by atoms with E-state index in [-0.39, 0.29) is 5.91 Å². The third-order valence-electron chi connectivity index (χ3n) is 4.63. The van der Waals surface area contributed by atoms with Crippen molar-refractivity contribution in [3.05, 3.63) is 65.2 Å². The quantitative estimate of drug-likeness (QED) is 0.910. The highest BCUT2D eigenvalue weighted by atomic mass is 16.5. The van der Waals surface area contributed by atoms with Gasteiger partial charge in [0.15, 0.2) is 0 Å². The Kier molecular flexibility index (Phi) is 5.32. The molecule has 2 aromatic rings. The van der Waals surface area contributed by atoms with Gasteiger partial charge in [0, 0.05) is 11.1 Å². The number of piperazine rings is 1. The van der Waals surface area contributed by atoms with E-state index >= 15 is 0 Å². The van der Waals surface area contributed by atoms with E-state index in [9.17, 15) is 4.79 Å². The number of amides is 1. The maximum Gasteiger partial charge on any atom is 0.254 e. The molecule has 1 fully saturated rings. The standard InChI is InChI=1S/C20H21N3O2/c1-25-19-8-4-17(5-9-19)15-22-10-12-23(13-11-22)20(24)18-6-2-16(14-21)3-7-18/h2-9H,10-13,15H2,1H3/p+1. The highest BCUT2D eigenvalue weighted by Crippen LogP contribution is 2.11. The molecule has 128 valence electrons. The molecule has 0 unspecified atom stereocenters. The van der Waals surface area contributed by atoms with Crippen molar-refractivity contribution in [2.45, 2.75) is 6.54 Å². The first-order valence-corrected chi connectivity index (χ1v) is 8.45. The summed E-state index contributed by atoms with van der Waals surface area (Å²) in [6.07, 6.45) is 0. The number of benzene rings is 2. The maximum atomic E-state index is 12.6. The van der Waals surface area contributed by atoms with Crippen molar-refractivity contribution >= 4 is 5.91 Å². The van der Waals surface area contributed by atoms with E-state index in [4.69, 9.17) is 10.00 Å². The molecule has 0 spiro atoms. The topological polar surface area (TPSA) is 57.8 Å². The van der Waals surface area contributed by atoms with Crippen LogP contribution in [0.4, 0.5) is 0 Å². The second-order valence-electron chi connectivity index (χ2n) is 6.26. The van der Waals surface area contributed by atoms with Gasteiger partial charge in [0.1, 0.15) is 12.3 Å². The second-order valence-corrected chi connectivity index (χ2v) is 6.26. The third kappa shape index (κ3) is 4.17. The molecule has 1 amide bonds.